The standard InChI is InChI=1S/C29H24F3N5O5/c1-16-8-9-33-22(13-37-10-4-6-21(28(37)40)29(30,31)32)20(16)14-41-23-7-3-5-18-19(11-17(2)35-26(18)23)27-24(12-34-36-27)42-15-25(38)39/h3-12H,13-15H2,1-2H3,(H,34,36)(H,38,39). The predicted octanol–water partition coefficient (Wildman–Crippen LogP) is 4.91. The first-order chi connectivity index (χ1) is 20.0. The zero-order chi connectivity index (χ0) is 30.0. The van der Waals surface area contributed by atoms with E-state index in [0.717, 1.165) is 16.2 Å². The van der Waals surface area contributed by atoms with Gasteiger partial charge in [0.25, 0.3) is 5.56 Å². The number of hydrogen-bond donors (Lipinski definition) is 2. The molecule has 0 saturated heterocycles. The molecule has 5 rings (SSSR count). The van der Waals surface area contributed by atoms with E-state index in [1.807, 2.05) is 19.1 Å². The van der Waals surface area contributed by atoms with Crippen molar-refractivity contribution in [2.45, 2.75) is 33.2 Å². The largest absolute Gasteiger partial charge is 0.487 e. The zero-order valence-corrected chi connectivity index (χ0v) is 22.4. The molecular weight excluding hydrogens is 555 g/mol. The fraction of sp³-hybridized carbons (Fsp3) is 0.207. The molecule has 42 heavy (non-hydrogen) atoms. The average molecular weight is 580 g/mol. The number of aryl methyl sites for hydroxylation is 2. The van der Waals surface area contributed by atoms with Gasteiger partial charge in [-0.1, -0.05) is 12.1 Å². The van der Waals surface area contributed by atoms with Crippen molar-refractivity contribution in [1.29, 1.82) is 0 Å². The molecule has 1 aromatic carbocycles. The highest BCUT2D eigenvalue weighted by molar-refractivity contribution is 5.98. The molecule has 4 aromatic heterocycles. The summed E-state index contributed by atoms with van der Waals surface area (Å²) in [5.41, 5.74) is 1.68. The molecule has 0 fully saturated rings. The van der Waals surface area contributed by atoms with Gasteiger partial charge in [-0.3, -0.25) is 14.9 Å². The van der Waals surface area contributed by atoms with Gasteiger partial charge in [0.05, 0.1) is 18.4 Å². The number of halogens is 3. The molecule has 0 saturated carbocycles. The Morgan fingerprint density at radius 2 is 1.90 bits per heavy atom. The van der Waals surface area contributed by atoms with Crippen molar-refractivity contribution in [3.8, 4) is 22.8 Å². The molecule has 0 spiro atoms. The molecule has 0 radical (unpaired) electrons. The van der Waals surface area contributed by atoms with Crippen molar-refractivity contribution in [3.05, 3.63) is 99.5 Å². The van der Waals surface area contributed by atoms with E-state index >= 15 is 0 Å². The maximum Gasteiger partial charge on any atom is 0.421 e. The van der Waals surface area contributed by atoms with E-state index in [1.54, 1.807) is 25.1 Å². The highest BCUT2D eigenvalue weighted by atomic mass is 19.4. The average Bonchev–Trinajstić information content (AvgIpc) is 3.40. The van der Waals surface area contributed by atoms with Gasteiger partial charge >= 0.3 is 12.1 Å². The fourth-order valence-electron chi connectivity index (χ4n) is 4.56. The number of aromatic amines is 1. The topological polar surface area (TPSA) is 132 Å². The number of ether oxygens (including phenoxy) is 2. The summed E-state index contributed by atoms with van der Waals surface area (Å²) >= 11 is 0. The van der Waals surface area contributed by atoms with E-state index in [2.05, 4.69) is 20.2 Å². The Balaban J connectivity index is 1.48. The molecule has 10 nitrogen and oxygen atoms in total. The Kier molecular flexibility index (Phi) is 7.66. The van der Waals surface area contributed by atoms with Crippen LogP contribution in [-0.4, -0.2) is 42.4 Å². The lowest BCUT2D eigenvalue weighted by Gasteiger charge is -2.16. The molecule has 0 amide bonds. The number of H-pyrrole nitrogens is 1. The number of pyridine rings is 3. The smallest absolute Gasteiger partial charge is 0.421 e. The van der Waals surface area contributed by atoms with E-state index in [-0.39, 0.29) is 18.9 Å². The van der Waals surface area contributed by atoms with Crippen molar-refractivity contribution >= 4 is 16.9 Å². The first kappa shape index (κ1) is 28.3. The van der Waals surface area contributed by atoms with Crippen molar-refractivity contribution in [2.24, 2.45) is 0 Å². The number of benzene rings is 1. The molecule has 0 atom stereocenters. The number of para-hydroxylation sites is 1. The molecule has 0 unspecified atom stereocenters. The number of carboxylic acids is 1. The zero-order valence-electron chi connectivity index (χ0n) is 22.4. The number of carboxylic acid groups (broad SMARTS) is 1. The Hall–Kier alpha value is -5.20. The number of alkyl halides is 3. The van der Waals surface area contributed by atoms with E-state index in [9.17, 15) is 22.8 Å². The first-order valence-corrected chi connectivity index (χ1v) is 12.6. The maximum absolute atomic E-state index is 13.3. The van der Waals surface area contributed by atoms with Crippen LogP contribution in [0.1, 0.15) is 28.1 Å². The molecule has 2 N–H and O–H groups in total. The van der Waals surface area contributed by atoms with Gasteiger partial charge < -0.3 is 19.1 Å². The number of nitrogens with zero attached hydrogens (tertiary/aromatic N) is 4. The molecule has 0 bridgehead atoms. The van der Waals surface area contributed by atoms with Crippen LogP contribution in [-0.2, 0) is 24.1 Å². The minimum atomic E-state index is -4.77. The van der Waals surface area contributed by atoms with E-state index in [1.165, 1.54) is 24.7 Å². The van der Waals surface area contributed by atoms with Crippen molar-refractivity contribution < 1.29 is 32.5 Å². The molecule has 0 aliphatic rings. The summed E-state index contributed by atoms with van der Waals surface area (Å²) in [5, 5.41) is 16.5. The van der Waals surface area contributed by atoms with Gasteiger partial charge in [-0.05, 0) is 49.7 Å². The van der Waals surface area contributed by atoms with Crippen LogP contribution < -0.4 is 15.0 Å². The number of rotatable bonds is 9. The summed E-state index contributed by atoms with van der Waals surface area (Å²) < 4.78 is 52.4. The second kappa shape index (κ2) is 11.4. The number of nitrogens with one attached hydrogen (secondary N) is 1. The quantitative estimate of drug-likeness (QED) is 0.252. The second-order valence-electron chi connectivity index (χ2n) is 9.45. The van der Waals surface area contributed by atoms with Crippen LogP contribution >= 0.6 is 0 Å². The minimum absolute atomic E-state index is 0.00379. The van der Waals surface area contributed by atoms with Gasteiger partial charge in [0, 0.05) is 34.6 Å². The summed E-state index contributed by atoms with van der Waals surface area (Å²) in [6, 6.07) is 10.8. The first-order valence-electron chi connectivity index (χ1n) is 12.6. The predicted molar refractivity (Wildman–Crippen MR) is 145 cm³/mol. The van der Waals surface area contributed by atoms with Gasteiger partial charge in [0.15, 0.2) is 12.4 Å². The Labute approximate surface area is 236 Å². The number of aromatic nitrogens is 5. The Morgan fingerprint density at radius 1 is 1.10 bits per heavy atom. The summed E-state index contributed by atoms with van der Waals surface area (Å²) in [5.74, 6) is -0.442. The monoisotopic (exact) mass is 579 g/mol. The normalized spacial score (nSPS) is 11.5. The summed E-state index contributed by atoms with van der Waals surface area (Å²) in [7, 11) is 0. The maximum atomic E-state index is 13.3. The van der Waals surface area contributed by atoms with Gasteiger partial charge in [-0.25, -0.2) is 9.78 Å². The fourth-order valence-corrected chi connectivity index (χ4v) is 4.56. The molecule has 4 heterocycles. The van der Waals surface area contributed by atoms with Crippen LogP contribution in [0.4, 0.5) is 13.2 Å². The molecule has 0 aliphatic heterocycles. The molecule has 5 aromatic rings. The van der Waals surface area contributed by atoms with Crippen molar-refractivity contribution in [2.75, 3.05) is 6.61 Å². The SMILES string of the molecule is Cc1cc(-c2[nH]ncc2OCC(=O)O)c2cccc(OCc3c(C)ccnc3Cn3cccc(C(F)(F)F)c3=O)c2n1. The highest BCUT2D eigenvalue weighted by Crippen LogP contribution is 2.36. The van der Waals surface area contributed by atoms with Crippen LogP contribution in [0.25, 0.3) is 22.2 Å². The van der Waals surface area contributed by atoms with Gasteiger partial charge in [0.1, 0.15) is 29.1 Å². The molecule has 13 heteroatoms. The summed E-state index contributed by atoms with van der Waals surface area (Å²) in [4.78, 5) is 32.5. The minimum Gasteiger partial charge on any atom is -0.487 e. The van der Waals surface area contributed by atoms with Crippen LogP contribution in [0, 0.1) is 13.8 Å². The lowest BCUT2D eigenvalue weighted by molar-refractivity contribution is -0.140. The second-order valence-corrected chi connectivity index (χ2v) is 9.45. The Bertz CT molecular complexity index is 1850. The van der Waals surface area contributed by atoms with E-state index < -0.39 is 29.9 Å². The summed E-state index contributed by atoms with van der Waals surface area (Å²) in [6.07, 6.45) is -0.572. The number of hydrogen-bond acceptors (Lipinski definition) is 7. The van der Waals surface area contributed by atoms with E-state index in [0.29, 0.717) is 44.9 Å². The third-order valence-electron chi connectivity index (χ3n) is 6.55. The van der Waals surface area contributed by atoms with Crippen LogP contribution in [0.5, 0.6) is 11.5 Å². The van der Waals surface area contributed by atoms with Gasteiger partial charge in [0.2, 0.25) is 0 Å². The summed E-state index contributed by atoms with van der Waals surface area (Å²) in [6.45, 7) is 2.90. The lowest BCUT2D eigenvalue weighted by Crippen LogP contribution is -2.29. The highest BCUT2D eigenvalue weighted by Gasteiger charge is 2.34. The van der Waals surface area contributed by atoms with E-state index in [4.69, 9.17) is 14.6 Å². The third-order valence-corrected chi connectivity index (χ3v) is 6.55. The lowest BCUT2D eigenvalue weighted by atomic mass is 10.0. The number of aliphatic carboxylic acids is 1. The van der Waals surface area contributed by atoms with Gasteiger partial charge in [-0.15, -0.1) is 0 Å². The molecule has 216 valence electrons. The Morgan fingerprint density at radius 3 is 2.67 bits per heavy atom. The van der Waals surface area contributed by atoms with Crippen LogP contribution in [0.2, 0.25) is 0 Å². The number of fused-ring (bicyclic) bond motifs is 1. The van der Waals surface area contributed by atoms with Crippen LogP contribution in [0.15, 0.2) is 65.8 Å². The van der Waals surface area contributed by atoms with Gasteiger partial charge in [-0.2, -0.15) is 18.3 Å². The third kappa shape index (κ3) is 5.80. The molecule has 0 aliphatic carbocycles. The molecular formula is C29H24F3N5O5. The van der Waals surface area contributed by atoms with Crippen molar-refractivity contribution in [3.63, 3.8) is 0 Å². The number of carbonyl (C=O) groups is 1. The van der Waals surface area contributed by atoms with Crippen molar-refractivity contribution in [1.82, 2.24) is 24.7 Å². The van der Waals surface area contributed by atoms with Crippen LogP contribution in [0.3, 0.4) is 0 Å².